The summed E-state index contributed by atoms with van der Waals surface area (Å²) in [5.41, 5.74) is -0.665. The normalized spacial score (nSPS) is 23.0. The zero-order valence-electron chi connectivity index (χ0n) is 12.2. The number of guanidine groups is 1. The second kappa shape index (κ2) is 9.53. The van der Waals surface area contributed by atoms with Gasteiger partial charge in [-0.3, -0.25) is 4.99 Å². The maximum Gasteiger partial charge on any atom is 0.191 e. The Kier molecular flexibility index (Phi) is 8.80. The highest BCUT2D eigenvalue weighted by atomic mass is 127. The molecular weight excluding hydrogens is 457 g/mol. The van der Waals surface area contributed by atoms with Gasteiger partial charge in [0.25, 0.3) is 0 Å². The van der Waals surface area contributed by atoms with Crippen molar-refractivity contribution in [1.29, 1.82) is 0 Å². The van der Waals surface area contributed by atoms with Crippen LogP contribution >= 0.6 is 58.7 Å². The molecule has 1 aliphatic heterocycles. The summed E-state index contributed by atoms with van der Waals surface area (Å²) in [7, 11) is 1.66. The van der Waals surface area contributed by atoms with E-state index in [2.05, 4.69) is 15.6 Å². The first kappa shape index (κ1) is 20.3. The van der Waals surface area contributed by atoms with Gasteiger partial charge in [0.15, 0.2) is 5.96 Å². The molecular formula is C13H21ClIN3O2S2. The highest BCUT2D eigenvalue weighted by molar-refractivity contribution is 14.0. The number of rotatable bonds is 5. The molecule has 1 saturated heterocycles. The molecule has 22 heavy (non-hydrogen) atoms. The van der Waals surface area contributed by atoms with Crippen LogP contribution in [0.4, 0.5) is 0 Å². The molecule has 0 aliphatic carbocycles. The van der Waals surface area contributed by atoms with Gasteiger partial charge in [-0.15, -0.1) is 35.3 Å². The van der Waals surface area contributed by atoms with Crippen LogP contribution in [0.1, 0.15) is 17.4 Å². The van der Waals surface area contributed by atoms with Crippen LogP contribution in [-0.4, -0.2) is 53.4 Å². The van der Waals surface area contributed by atoms with Crippen LogP contribution in [0.2, 0.25) is 4.34 Å². The number of hydrogen-bond donors (Lipinski definition) is 4. The molecule has 0 amide bonds. The minimum atomic E-state index is -0.665. The van der Waals surface area contributed by atoms with E-state index in [1.165, 1.54) is 11.3 Å². The summed E-state index contributed by atoms with van der Waals surface area (Å²) < 4.78 is 0.660. The minimum Gasteiger partial charge on any atom is -0.387 e. The molecule has 5 nitrogen and oxygen atoms in total. The van der Waals surface area contributed by atoms with Crippen molar-refractivity contribution in [2.75, 3.05) is 31.6 Å². The van der Waals surface area contributed by atoms with Gasteiger partial charge in [0, 0.05) is 30.8 Å². The van der Waals surface area contributed by atoms with E-state index in [1.807, 2.05) is 6.07 Å². The molecule has 4 N–H and O–H groups in total. The Labute approximate surface area is 161 Å². The van der Waals surface area contributed by atoms with Crippen molar-refractivity contribution in [3.8, 4) is 0 Å². The molecule has 2 heterocycles. The van der Waals surface area contributed by atoms with Gasteiger partial charge in [-0.05, 0) is 24.3 Å². The third-order valence-electron chi connectivity index (χ3n) is 3.28. The lowest BCUT2D eigenvalue weighted by molar-refractivity contribution is 0.0723. The summed E-state index contributed by atoms with van der Waals surface area (Å²) in [5, 5.41) is 26.5. The third kappa shape index (κ3) is 6.04. The molecule has 2 rings (SSSR count). The van der Waals surface area contributed by atoms with Gasteiger partial charge in [0.1, 0.15) is 6.10 Å². The Morgan fingerprint density at radius 2 is 2.27 bits per heavy atom. The van der Waals surface area contributed by atoms with Crippen LogP contribution in [0.5, 0.6) is 0 Å². The largest absolute Gasteiger partial charge is 0.387 e. The monoisotopic (exact) mass is 477 g/mol. The predicted octanol–water partition coefficient (Wildman–Crippen LogP) is 2.09. The van der Waals surface area contributed by atoms with Crippen molar-refractivity contribution in [2.24, 2.45) is 4.99 Å². The van der Waals surface area contributed by atoms with E-state index in [0.717, 1.165) is 22.8 Å². The molecule has 0 spiro atoms. The highest BCUT2D eigenvalue weighted by Gasteiger charge is 2.31. The van der Waals surface area contributed by atoms with Crippen molar-refractivity contribution >= 4 is 64.6 Å². The lowest BCUT2D eigenvalue weighted by Gasteiger charge is -2.23. The zero-order chi connectivity index (χ0) is 15.3. The summed E-state index contributed by atoms with van der Waals surface area (Å²) in [6.45, 7) is 0.796. The zero-order valence-corrected chi connectivity index (χ0v) is 16.9. The Morgan fingerprint density at radius 1 is 1.50 bits per heavy atom. The average molecular weight is 478 g/mol. The molecule has 126 valence electrons. The lowest BCUT2D eigenvalue weighted by atomic mass is 10.0. The van der Waals surface area contributed by atoms with Gasteiger partial charge < -0.3 is 20.8 Å². The van der Waals surface area contributed by atoms with Crippen molar-refractivity contribution in [3.63, 3.8) is 0 Å². The second-order valence-corrected chi connectivity index (χ2v) is 7.84. The number of aliphatic hydroxyl groups is 2. The second-order valence-electron chi connectivity index (χ2n) is 4.99. The third-order valence-corrected chi connectivity index (χ3v) is 5.84. The van der Waals surface area contributed by atoms with Crippen molar-refractivity contribution in [1.82, 2.24) is 10.6 Å². The Bertz CT molecular complexity index is 495. The molecule has 0 radical (unpaired) electrons. The smallest absolute Gasteiger partial charge is 0.191 e. The molecule has 1 aliphatic rings. The van der Waals surface area contributed by atoms with Gasteiger partial charge in [-0.1, -0.05) is 11.6 Å². The summed E-state index contributed by atoms with van der Waals surface area (Å²) in [5.74, 6) is 2.30. The fourth-order valence-electron chi connectivity index (χ4n) is 2.01. The molecule has 2 unspecified atom stereocenters. The molecule has 0 saturated carbocycles. The fourth-order valence-corrected chi connectivity index (χ4v) is 4.35. The number of nitrogens with one attached hydrogen (secondary N) is 2. The first-order valence-corrected chi connectivity index (χ1v) is 9.05. The topological polar surface area (TPSA) is 76.9 Å². The number of thioether (sulfide) groups is 1. The van der Waals surface area contributed by atoms with E-state index in [4.69, 9.17) is 11.6 Å². The number of nitrogens with zero attached hydrogens (tertiary/aromatic N) is 1. The van der Waals surface area contributed by atoms with E-state index in [0.29, 0.717) is 23.4 Å². The maximum atomic E-state index is 10.3. The summed E-state index contributed by atoms with van der Waals surface area (Å²) >= 11 is 8.97. The number of aliphatic imine (C=N–C) groups is 1. The fraction of sp³-hybridized carbons (Fsp3) is 0.615. The quantitative estimate of drug-likeness (QED) is 0.297. The first-order chi connectivity index (χ1) is 10.0. The predicted molar refractivity (Wildman–Crippen MR) is 106 cm³/mol. The SMILES string of the molecule is CN=C(NCC(O)c1ccc(Cl)s1)NCC1(O)CCSC1.I. The van der Waals surface area contributed by atoms with Crippen LogP contribution in [-0.2, 0) is 0 Å². The van der Waals surface area contributed by atoms with Crippen molar-refractivity contribution in [2.45, 2.75) is 18.1 Å². The number of thiophene rings is 1. The standard InChI is InChI=1S/C13H20ClN3O2S2.HI/c1-15-12(17-7-13(19)4-5-20-8-13)16-6-9(18)10-2-3-11(14)21-10;/h2-3,9,18-19H,4-8H2,1H3,(H2,15,16,17);1H. The number of aliphatic hydroxyl groups excluding tert-OH is 1. The molecule has 1 fully saturated rings. The molecule has 1 aromatic heterocycles. The maximum absolute atomic E-state index is 10.3. The Balaban J connectivity index is 0.00000242. The molecule has 1 aromatic rings. The van der Waals surface area contributed by atoms with Crippen LogP contribution in [0.15, 0.2) is 17.1 Å². The van der Waals surface area contributed by atoms with Crippen molar-refractivity contribution in [3.05, 3.63) is 21.3 Å². The van der Waals surface area contributed by atoms with Crippen LogP contribution in [0, 0.1) is 0 Å². The van der Waals surface area contributed by atoms with E-state index in [-0.39, 0.29) is 24.0 Å². The first-order valence-electron chi connectivity index (χ1n) is 6.70. The van der Waals surface area contributed by atoms with Crippen LogP contribution in [0.3, 0.4) is 0 Å². The summed E-state index contributed by atoms with van der Waals surface area (Å²) in [4.78, 5) is 4.91. The van der Waals surface area contributed by atoms with E-state index in [1.54, 1.807) is 24.9 Å². The van der Waals surface area contributed by atoms with Gasteiger partial charge >= 0.3 is 0 Å². The van der Waals surface area contributed by atoms with Gasteiger partial charge in [-0.2, -0.15) is 11.8 Å². The molecule has 9 heteroatoms. The van der Waals surface area contributed by atoms with E-state index in [9.17, 15) is 10.2 Å². The average Bonchev–Trinajstić information content (AvgIpc) is 3.08. The molecule has 0 bridgehead atoms. The Hall–Kier alpha value is 0.260. The Morgan fingerprint density at radius 3 is 2.82 bits per heavy atom. The number of halogens is 2. The van der Waals surface area contributed by atoms with Gasteiger partial charge in [-0.25, -0.2) is 0 Å². The number of hydrogen-bond acceptors (Lipinski definition) is 5. The van der Waals surface area contributed by atoms with E-state index < -0.39 is 11.7 Å². The summed E-state index contributed by atoms with van der Waals surface area (Å²) in [6.07, 6.45) is 0.156. The summed E-state index contributed by atoms with van der Waals surface area (Å²) in [6, 6.07) is 3.58. The minimum absolute atomic E-state index is 0. The molecule has 2 atom stereocenters. The van der Waals surface area contributed by atoms with Crippen molar-refractivity contribution < 1.29 is 10.2 Å². The van der Waals surface area contributed by atoms with Crippen LogP contribution < -0.4 is 10.6 Å². The van der Waals surface area contributed by atoms with Gasteiger partial charge in [0.2, 0.25) is 0 Å². The highest BCUT2D eigenvalue weighted by Crippen LogP contribution is 2.27. The van der Waals surface area contributed by atoms with Gasteiger partial charge in [0.05, 0.1) is 9.94 Å². The molecule has 0 aromatic carbocycles. The lowest BCUT2D eigenvalue weighted by Crippen LogP contribution is -2.48. The van der Waals surface area contributed by atoms with E-state index >= 15 is 0 Å². The van der Waals surface area contributed by atoms with Crippen LogP contribution in [0.25, 0.3) is 0 Å².